The molecule has 27 heavy (non-hydrogen) atoms. The predicted molar refractivity (Wildman–Crippen MR) is 110 cm³/mol. The van der Waals surface area contributed by atoms with Gasteiger partial charge in [-0.2, -0.15) is 0 Å². The number of nitrogens with zero attached hydrogens (tertiary/aromatic N) is 2. The van der Waals surface area contributed by atoms with Crippen molar-refractivity contribution < 1.29 is 9.59 Å². The smallest absolute Gasteiger partial charge is 0.282 e. The van der Waals surface area contributed by atoms with Gasteiger partial charge in [0.1, 0.15) is 5.70 Å². The monoisotopic (exact) mass is 400 g/mol. The molecule has 0 N–H and O–H groups in total. The van der Waals surface area contributed by atoms with E-state index >= 15 is 0 Å². The van der Waals surface area contributed by atoms with Crippen LogP contribution in [0.2, 0.25) is 5.02 Å². The number of piperidine rings is 1. The van der Waals surface area contributed by atoms with Crippen LogP contribution in [0.4, 0.5) is 5.69 Å². The highest BCUT2D eigenvalue weighted by Gasteiger charge is 2.43. The van der Waals surface area contributed by atoms with Crippen molar-refractivity contribution in [3.63, 3.8) is 0 Å². The van der Waals surface area contributed by atoms with Gasteiger partial charge in [0.05, 0.1) is 11.3 Å². The largest absolute Gasteiger partial charge is 0.366 e. The van der Waals surface area contributed by atoms with Gasteiger partial charge in [0.25, 0.3) is 11.8 Å². The number of benzene rings is 1. The third-order valence-corrected chi connectivity index (χ3v) is 6.46. The quantitative estimate of drug-likeness (QED) is 0.699. The van der Waals surface area contributed by atoms with Crippen molar-refractivity contribution in [2.24, 2.45) is 5.92 Å². The number of likely N-dealkylation sites (tertiary alicyclic amines) is 1. The number of hydrogen-bond acceptors (Lipinski definition) is 4. The van der Waals surface area contributed by atoms with Crippen LogP contribution < -0.4 is 4.90 Å². The van der Waals surface area contributed by atoms with Crippen molar-refractivity contribution in [2.45, 2.75) is 26.7 Å². The molecular weight excluding hydrogens is 380 g/mol. The molecule has 0 unspecified atom stereocenters. The molecule has 0 saturated carbocycles. The third-order valence-electron chi connectivity index (χ3n) is 5.34. The number of anilines is 1. The summed E-state index contributed by atoms with van der Waals surface area (Å²) in [5.41, 5.74) is 2.46. The Morgan fingerprint density at radius 3 is 2.52 bits per heavy atom. The van der Waals surface area contributed by atoms with Gasteiger partial charge in [0.2, 0.25) is 0 Å². The first-order chi connectivity index (χ1) is 13.0. The minimum atomic E-state index is -0.263. The van der Waals surface area contributed by atoms with Gasteiger partial charge >= 0.3 is 0 Å². The first kappa shape index (κ1) is 18.3. The standard InChI is InChI=1S/C21H21ClN2O2S/c1-13-7-9-23(10-8-13)19-18(17-4-3-11-27-17)20(25)24(21(19)26)16-12-15(22)6-5-14(16)2/h3-6,11-13H,7-10H2,1-2H3. The number of rotatable bonds is 3. The molecule has 0 radical (unpaired) electrons. The minimum absolute atomic E-state index is 0.247. The molecule has 6 heteroatoms. The summed E-state index contributed by atoms with van der Waals surface area (Å²) in [6, 6.07) is 9.12. The minimum Gasteiger partial charge on any atom is -0.366 e. The molecule has 0 spiro atoms. The maximum atomic E-state index is 13.4. The lowest BCUT2D eigenvalue weighted by Gasteiger charge is -2.32. The van der Waals surface area contributed by atoms with Crippen LogP contribution in [0.3, 0.4) is 0 Å². The van der Waals surface area contributed by atoms with Gasteiger partial charge in [-0.25, -0.2) is 4.90 Å². The van der Waals surface area contributed by atoms with E-state index in [-0.39, 0.29) is 11.8 Å². The Balaban J connectivity index is 1.81. The molecule has 2 amide bonds. The van der Waals surface area contributed by atoms with E-state index in [0.717, 1.165) is 36.4 Å². The highest BCUT2D eigenvalue weighted by atomic mass is 35.5. The second kappa shape index (κ2) is 7.13. The van der Waals surface area contributed by atoms with Gasteiger partial charge in [0.15, 0.2) is 0 Å². The number of imide groups is 1. The summed E-state index contributed by atoms with van der Waals surface area (Å²) >= 11 is 7.65. The Morgan fingerprint density at radius 2 is 1.85 bits per heavy atom. The number of carbonyl (C=O) groups is 2. The fraction of sp³-hybridized carbons (Fsp3) is 0.333. The van der Waals surface area contributed by atoms with Gasteiger partial charge in [-0.15, -0.1) is 11.3 Å². The molecule has 0 atom stereocenters. The summed E-state index contributed by atoms with van der Waals surface area (Å²) in [5.74, 6) is 0.135. The average molecular weight is 401 g/mol. The molecule has 2 aromatic rings. The fourth-order valence-corrected chi connectivity index (χ4v) is 4.66. The van der Waals surface area contributed by atoms with Crippen LogP contribution in [-0.2, 0) is 9.59 Å². The number of aryl methyl sites for hydroxylation is 1. The second-order valence-corrected chi connectivity index (χ2v) is 8.63. The normalized spacial score (nSPS) is 18.8. The zero-order chi connectivity index (χ0) is 19.1. The van der Waals surface area contributed by atoms with Crippen molar-refractivity contribution in [1.82, 2.24) is 4.90 Å². The summed E-state index contributed by atoms with van der Waals surface area (Å²) in [7, 11) is 0. The van der Waals surface area contributed by atoms with E-state index in [1.807, 2.05) is 30.5 Å². The van der Waals surface area contributed by atoms with E-state index in [1.165, 1.54) is 16.2 Å². The topological polar surface area (TPSA) is 40.6 Å². The Bertz CT molecular complexity index is 928. The van der Waals surface area contributed by atoms with E-state index in [1.54, 1.807) is 12.1 Å². The lowest BCUT2D eigenvalue weighted by Crippen LogP contribution is -2.38. The molecule has 4 rings (SSSR count). The maximum absolute atomic E-state index is 13.4. The van der Waals surface area contributed by atoms with Crippen molar-refractivity contribution in [3.8, 4) is 0 Å². The summed E-state index contributed by atoms with van der Waals surface area (Å²) < 4.78 is 0. The van der Waals surface area contributed by atoms with Crippen LogP contribution in [0, 0.1) is 12.8 Å². The van der Waals surface area contributed by atoms with E-state index in [2.05, 4.69) is 11.8 Å². The Labute approximate surface area is 168 Å². The first-order valence-electron chi connectivity index (χ1n) is 9.15. The lowest BCUT2D eigenvalue weighted by atomic mass is 9.98. The summed E-state index contributed by atoms with van der Waals surface area (Å²) in [6.07, 6.45) is 2.05. The van der Waals surface area contributed by atoms with Crippen LogP contribution in [0.1, 0.15) is 30.2 Å². The van der Waals surface area contributed by atoms with Gasteiger partial charge in [-0.05, 0) is 54.8 Å². The molecule has 140 valence electrons. The molecular formula is C21H21ClN2O2S. The van der Waals surface area contributed by atoms with E-state index < -0.39 is 0 Å². The maximum Gasteiger partial charge on any atom is 0.282 e. The molecule has 0 bridgehead atoms. The predicted octanol–water partition coefficient (Wildman–Crippen LogP) is 4.73. The van der Waals surface area contributed by atoms with Crippen LogP contribution >= 0.6 is 22.9 Å². The zero-order valence-corrected chi connectivity index (χ0v) is 16.9. The van der Waals surface area contributed by atoms with Gasteiger partial charge in [-0.1, -0.05) is 30.7 Å². The van der Waals surface area contributed by atoms with Crippen molar-refractivity contribution in [1.29, 1.82) is 0 Å². The number of hydrogen-bond donors (Lipinski definition) is 0. The molecule has 4 nitrogen and oxygen atoms in total. The number of thiophene rings is 1. The van der Waals surface area contributed by atoms with Crippen LogP contribution in [0.5, 0.6) is 0 Å². The molecule has 1 fully saturated rings. The van der Waals surface area contributed by atoms with E-state index in [9.17, 15) is 9.59 Å². The van der Waals surface area contributed by atoms with E-state index in [0.29, 0.717) is 27.9 Å². The van der Waals surface area contributed by atoms with Gasteiger partial charge in [0, 0.05) is 23.0 Å². The average Bonchev–Trinajstić information content (AvgIpc) is 3.25. The fourth-order valence-electron chi connectivity index (χ4n) is 3.73. The molecule has 1 aromatic carbocycles. The molecule has 2 aliphatic rings. The number of halogens is 1. The highest BCUT2D eigenvalue weighted by Crippen LogP contribution is 2.39. The molecule has 1 aromatic heterocycles. The Morgan fingerprint density at radius 1 is 1.11 bits per heavy atom. The van der Waals surface area contributed by atoms with Crippen molar-refractivity contribution in [2.75, 3.05) is 18.0 Å². The molecule has 2 aliphatic heterocycles. The van der Waals surface area contributed by atoms with E-state index in [4.69, 9.17) is 11.6 Å². The SMILES string of the molecule is Cc1ccc(Cl)cc1N1C(=O)C(c2cccs2)=C(N2CCC(C)CC2)C1=O. The van der Waals surface area contributed by atoms with Crippen molar-refractivity contribution >= 4 is 46.0 Å². The summed E-state index contributed by atoms with van der Waals surface area (Å²) in [4.78, 5) is 31.0. The van der Waals surface area contributed by atoms with Crippen LogP contribution in [0.25, 0.3) is 5.57 Å². The van der Waals surface area contributed by atoms with Crippen LogP contribution in [0.15, 0.2) is 41.4 Å². The number of carbonyl (C=O) groups excluding carboxylic acids is 2. The Hall–Kier alpha value is -2.11. The summed E-state index contributed by atoms with van der Waals surface area (Å²) in [6.45, 7) is 5.71. The lowest BCUT2D eigenvalue weighted by molar-refractivity contribution is -0.120. The third kappa shape index (κ3) is 3.19. The second-order valence-electron chi connectivity index (χ2n) is 7.25. The molecule has 1 saturated heterocycles. The highest BCUT2D eigenvalue weighted by molar-refractivity contribution is 7.11. The first-order valence-corrected chi connectivity index (χ1v) is 10.4. The Kier molecular flexibility index (Phi) is 4.82. The number of amides is 2. The van der Waals surface area contributed by atoms with Crippen LogP contribution in [-0.4, -0.2) is 29.8 Å². The van der Waals surface area contributed by atoms with Gasteiger partial charge < -0.3 is 4.90 Å². The molecule has 3 heterocycles. The van der Waals surface area contributed by atoms with Crippen molar-refractivity contribution in [3.05, 3.63) is 56.9 Å². The van der Waals surface area contributed by atoms with Gasteiger partial charge in [-0.3, -0.25) is 9.59 Å². The molecule has 0 aliphatic carbocycles. The zero-order valence-electron chi connectivity index (χ0n) is 15.4. The summed E-state index contributed by atoms with van der Waals surface area (Å²) in [5, 5.41) is 2.44.